The van der Waals surface area contributed by atoms with Crippen LogP contribution in [0.2, 0.25) is 0 Å². The van der Waals surface area contributed by atoms with Crippen molar-refractivity contribution < 1.29 is 0 Å². The number of nitrogens with zero attached hydrogens (tertiary/aromatic N) is 6. The Bertz CT molecular complexity index is 1150. The molecule has 0 radical (unpaired) electrons. The van der Waals surface area contributed by atoms with Crippen LogP contribution in [0.3, 0.4) is 0 Å². The zero-order valence-electron chi connectivity index (χ0n) is 20.1. The van der Waals surface area contributed by atoms with Crippen molar-refractivity contribution in [1.29, 1.82) is 0 Å². The molecule has 0 aliphatic carbocycles. The summed E-state index contributed by atoms with van der Waals surface area (Å²) in [6, 6.07) is 5.97. The van der Waals surface area contributed by atoms with E-state index in [1.54, 1.807) is 0 Å². The van der Waals surface area contributed by atoms with E-state index in [4.69, 9.17) is 0 Å². The summed E-state index contributed by atoms with van der Waals surface area (Å²) < 4.78 is 1.86. The van der Waals surface area contributed by atoms with Crippen LogP contribution in [0.4, 0.5) is 0 Å². The van der Waals surface area contributed by atoms with Crippen LogP contribution in [0.15, 0.2) is 23.0 Å². The van der Waals surface area contributed by atoms with Crippen molar-refractivity contribution in [2.24, 2.45) is 0 Å². The van der Waals surface area contributed by atoms with E-state index >= 15 is 0 Å². The Kier molecular flexibility index (Phi) is 6.18. The molecule has 1 saturated heterocycles. The first-order chi connectivity index (χ1) is 15.2. The summed E-state index contributed by atoms with van der Waals surface area (Å²) in [4.78, 5) is 21.4. The number of benzene rings is 1. The van der Waals surface area contributed by atoms with E-state index in [2.05, 4.69) is 77.1 Å². The molecule has 3 aromatic rings. The molecule has 1 aromatic carbocycles. The molecule has 1 aliphatic rings. The van der Waals surface area contributed by atoms with Crippen LogP contribution >= 0.6 is 0 Å². The Labute approximate surface area is 189 Å². The monoisotopic (exact) mass is 437 g/mol. The molecule has 0 spiro atoms. The Morgan fingerprint density at radius 1 is 1.09 bits per heavy atom. The number of aromatic nitrogens is 5. The van der Waals surface area contributed by atoms with Gasteiger partial charge in [-0.2, -0.15) is 0 Å². The van der Waals surface area contributed by atoms with E-state index in [-0.39, 0.29) is 17.1 Å². The van der Waals surface area contributed by atoms with Crippen molar-refractivity contribution in [1.82, 2.24) is 35.0 Å². The normalized spacial score (nSPS) is 17.2. The van der Waals surface area contributed by atoms with Crippen LogP contribution in [0.1, 0.15) is 62.7 Å². The fourth-order valence-corrected chi connectivity index (χ4v) is 4.81. The van der Waals surface area contributed by atoms with E-state index in [0.29, 0.717) is 5.56 Å². The lowest BCUT2D eigenvalue weighted by molar-refractivity contribution is 0.102. The van der Waals surface area contributed by atoms with Crippen molar-refractivity contribution >= 4 is 10.9 Å². The predicted octanol–water partition coefficient (Wildman–Crippen LogP) is 3.00. The highest BCUT2D eigenvalue weighted by Crippen LogP contribution is 2.30. The minimum atomic E-state index is -0.304. The average molecular weight is 438 g/mol. The molecule has 2 aromatic heterocycles. The highest BCUT2D eigenvalue weighted by atomic mass is 16.1. The zero-order valence-corrected chi connectivity index (χ0v) is 20.1. The van der Waals surface area contributed by atoms with Crippen LogP contribution in [-0.4, -0.2) is 67.7 Å². The number of pyridine rings is 1. The average Bonchev–Trinajstić information content (AvgIpc) is 3.21. The predicted molar refractivity (Wildman–Crippen MR) is 127 cm³/mol. The molecule has 1 N–H and O–H groups in total. The molecule has 4 rings (SSSR count). The molecule has 0 amide bonds. The van der Waals surface area contributed by atoms with Gasteiger partial charge < -0.3 is 9.88 Å². The smallest absolute Gasteiger partial charge is 0.253 e. The molecule has 8 heteroatoms. The van der Waals surface area contributed by atoms with E-state index in [1.807, 2.05) is 17.7 Å². The standard InChI is InChI=1S/C24H35N7O/c1-7-8-29-9-11-30(12-10-29)21(22-26-27-28-31(22)24(4,5)6)19-15-18-14-16(2)13-17(3)20(18)25-23(19)32/h13-15,21H,7-12H2,1-6H3,(H,25,32). The van der Waals surface area contributed by atoms with Crippen LogP contribution < -0.4 is 5.56 Å². The molecule has 1 atom stereocenters. The molecule has 1 fully saturated rings. The van der Waals surface area contributed by atoms with Gasteiger partial charge in [-0.1, -0.05) is 18.6 Å². The topological polar surface area (TPSA) is 82.9 Å². The second-order valence-electron chi connectivity index (χ2n) is 10.00. The van der Waals surface area contributed by atoms with Gasteiger partial charge in [-0.25, -0.2) is 4.68 Å². The quantitative estimate of drug-likeness (QED) is 0.661. The lowest BCUT2D eigenvalue weighted by Gasteiger charge is -2.39. The van der Waals surface area contributed by atoms with E-state index in [9.17, 15) is 4.79 Å². The molecule has 3 heterocycles. The first kappa shape index (κ1) is 22.6. The summed E-state index contributed by atoms with van der Waals surface area (Å²) in [6.45, 7) is 17.4. The van der Waals surface area contributed by atoms with Gasteiger partial charge in [-0.15, -0.1) is 5.10 Å². The number of nitrogens with one attached hydrogen (secondary N) is 1. The summed E-state index contributed by atoms with van der Waals surface area (Å²) in [7, 11) is 0. The molecule has 0 saturated carbocycles. The third kappa shape index (κ3) is 4.34. The first-order valence-corrected chi connectivity index (χ1v) is 11.6. The van der Waals surface area contributed by atoms with Gasteiger partial charge in [0.05, 0.1) is 11.1 Å². The Balaban J connectivity index is 1.85. The molecule has 1 aliphatic heterocycles. The van der Waals surface area contributed by atoms with Gasteiger partial charge >= 0.3 is 0 Å². The molecule has 8 nitrogen and oxygen atoms in total. The third-order valence-electron chi connectivity index (χ3n) is 6.30. The maximum atomic E-state index is 13.4. The fourth-order valence-electron chi connectivity index (χ4n) is 4.81. The Morgan fingerprint density at radius 3 is 2.47 bits per heavy atom. The number of fused-ring (bicyclic) bond motifs is 1. The lowest BCUT2D eigenvalue weighted by Crippen LogP contribution is -2.49. The van der Waals surface area contributed by atoms with Gasteiger partial charge in [-0.05, 0) is 81.1 Å². The number of aromatic amines is 1. The van der Waals surface area contributed by atoms with Gasteiger partial charge in [0, 0.05) is 31.7 Å². The van der Waals surface area contributed by atoms with Crippen LogP contribution in [-0.2, 0) is 5.54 Å². The fraction of sp³-hybridized carbons (Fsp3) is 0.583. The van der Waals surface area contributed by atoms with Crippen molar-refractivity contribution in [3.05, 3.63) is 51.1 Å². The van der Waals surface area contributed by atoms with E-state index < -0.39 is 0 Å². The summed E-state index contributed by atoms with van der Waals surface area (Å²) in [5, 5.41) is 13.8. The maximum Gasteiger partial charge on any atom is 0.253 e. The highest BCUT2D eigenvalue weighted by molar-refractivity contribution is 5.83. The van der Waals surface area contributed by atoms with Gasteiger partial charge in [0.1, 0.15) is 6.04 Å². The largest absolute Gasteiger partial charge is 0.321 e. The number of H-pyrrole nitrogens is 1. The van der Waals surface area contributed by atoms with Gasteiger partial charge in [0.2, 0.25) is 0 Å². The summed E-state index contributed by atoms with van der Waals surface area (Å²) in [6.07, 6.45) is 1.15. The molecule has 1 unspecified atom stereocenters. The number of rotatable bonds is 5. The summed E-state index contributed by atoms with van der Waals surface area (Å²) in [5.41, 5.74) is 3.48. The SMILES string of the molecule is CCCN1CCN(C(c2cc3cc(C)cc(C)c3[nH]c2=O)c2nnnn2C(C)(C)C)CC1. The first-order valence-electron chi connectivity index (χ1n) is 11.6. The molecule has 0 bridgehead atoms. The minimum absolute atomic E-state index is 0.0751. The third-order valence-corrected chi connectivity index (χ3v) is 6.30. The highest BCUT2D eigenvalue weighted by Gasteiger charge is 2.34. The number of piperazine rings is 1. The van der Waals surface area contributed by atoms with Crippen molar-refractivity contribution in [2.75, 3.05) is 32.7 Å². The molecular weight excluding hydrogens is 402 g/mol. The maximum absolute atomic E-state index is 13.4. The lowest BCUT2D eigenvalue weighted by atomic mass is 9.99. The van der Waals surface area contributed by atoms with Crippen molar-refractivity contribution in [3.63, 3.8) is 0 Å². The zero-order chi connectivity index (χ0) is 23.0. The van der Waals surface area contributed by atoms with Crippen LogP contribution in [0.5, 0.6) is 0 Å². The van der Waals surface area contributed by atoms with Crippen LogP contribution in [0, 0.1) is 13.8 Å². The van der Waals surface area contributed by atoms with E-state index in [0.717, 1.165) is 61.4 Å². The molecule has 32 heavy (non-hydrogen) atoms. The molecule has 172 valence electrons. The number of hydrogen-bond acceptors (Lipinski definition) is 6. The van der Waals surface area contributed by atoms with Crippen LogP contribution in [0.25, 0.3) is 10.9 Å². The Morgan fingerprint density at radius 2 is 1.81 bits per heavy atom. The summed E-state index contributed by atoms with van der Waals surface area (Å²) >= 11 is 0. The number of hydrogen-bond donors (Lipinski definition) is 1. The second kappa shape index (κ2) is 8.75. The van der Waals surface area contributed by atoms with Gasteiger partial charge in [0.25, 0.3) is 5.56 Å². The minimum Gasteiger partial charge on any atom is -0.321 e. The number of aryl methyl sites for hydroxylation is 2. The molecular formula is C24H35N7O. The van der Waals surface area contributed by atoms with Crippen molar-refractivity contribution in [2.45, 2.75) is 59.5 Å². The van der Waals surface area contributed by atoms with Gasteiger partial charge in [-0.3, -0.25) is 9.69 Å². The second-order valence-corrected chi connectivity index (χ2v) is 10.00. The van der Waals surface area contributed by atoms with Gasteiger partial charge in [0.15, 0.2) is 5.82 Å². The summed E-state index contributed by atoms with van der Waals surface area (Å²) in [5.74, 6) is 0.718. The van der Waals surface area contributed by atoms with E-state index in [1.165, 1.54) is 5.56 Å². The Hall–Kier alpha value is -2.58. The number of tetrazole rings is 1. The van der Waals surface area contributed by atoms with Crippen molar-refractivity contribution in [3.8, 4) is 0 Å².